The highest BCUT2D eigenvalue weighted by Crippen LogP contribution is 2.36. The van der Waals surface area contributed by atoms with E-state index in [-0.39, 0.29) is 11.3 Å². The molecule has 0 saturated heterocycles. The zero-order valence-electron chi connectivity index (χ0n) is 11.7. The number of anilines is 1. The van der Waals surface area contributed by atoms with Crippen LogP contribution >= 0.6 is 0 Å². The fourth-order valence-electron chi connectivity index (χ4n) is 1.94. The molecule has 112 valence electrons. The molecule has 0 radical (unpaired) electrons. The predicted molar refractivity (Wildman–Crippen MR) is 73.8 cm³/mol. The lowest BCUT2D eigenvalue weighted by Gasteiger charge is -2.13. The van der Waals surface area contributed by atoms with Crippen LogP contribution in [0.15, 0.2) is 24.5 Å². The molecule has 0 aromatic carbocycles. The molecule has 0 spiro atoms. The second-order valence-electron chi connectivity index (χ2n) is 4.47. The van der Waals surface area contributed by atoms with Crippen LogP contribution in [0.5, 0.6) is 0 Å². The van der Waals surface area contributed by atoms with Crippen molar-refractivity contribution in [1.82, 2.24) is 15.0 Å². The number of pyridine rings is 1. The molecule has 1 N–H and O–H groups in total. The maximum Gasteiger partial charge on any atom is 0.417 e. The van der Waals surface area contributed by atoms with Crippen LogP contribution < -0.4 is 5.32 Å². The highest BCUT2D eigenvalue weighted by atomic mass is 19.4. The zero-order chi connectivity index (χ0) is 15.5. The Morgan fingerprint density at radius 3 is 2.62 bits per heavy atom. The second-order valence-corrected chi connectivity index (χ2v) is 4.47. The van der Waals surface area contributed by atoms with Crippen molar-refractivity contribution in [3.63, 3.8) is 0 Å². The number of aromatic nitrogens is 3. The van der Waals surface area contributed by atoms with Crippen LogP contribution in [-0.4, -0.2) is 22.0 Å². The van der Waals surface area contributed by atoms with Crippen molar-refractivity contribution in [1.29, 1.82) is 0 Å². The van der Waals surface area contributed by atoms with Gasteiger partial charge in [0.2, 0.25) is 0 Å². The third-order valence-corrected chi connectivity index (χ3v) is 2.90. The Hall–Kier alpha value is -2.18. The molecule has 0 aliphatic heterocycles. The van der Waals surface area contributed by atoms with Gasteiger partial charge in [-0.3, -0.25) is 4.98 Å². The van der Waals surface area contributed by atoms with Gasteiger partial charge in [0, 0.05) is 37.5 Å². The monoisotopic (exact) mass is 296 g/mol. The van der Waals surface area contributed by atoms with Crippen molar-refractivity contribution in [3.8, 4) is 11.3 Å². The first-order valence-electron chi connectivity index (χ1n) is 6.53. The van der Waals surface area contributed by atoms with Gasteiger partial charge in [0.25, 0.3) is 0 Å². The SMILES string of the molecule is CCCc1nc(NC)cc(-c2cnccc2C(F)(F)F)n1. The Morgan fingerprint density at radius 2 is 2.00 bits per heavy atom. The molecule has 4 nitrogen and oxygen atoms in total. The third-order valence-electron chi connectivity index (χ3n) is 2.90. The molecular formula is C14H15F3N4. The molecule has 7 heteroatoms. The largest absolute Gasteiger partial charge is 0.417 e. The Bertz CT molecular complexity index is 626. The number of aryl methyl sites for hydroxylation is 1. The molecule has 2 aromatic rings. The van der Waals surface area contributed by atoms with Crippen LogP contribution in [0.2, 0.25) is 0 Å². The molecule has 2 rings (SSSR count). The van der Waals surface area contributed by atoms with Gasteiger partial charge >= 0.3 is 6.18 Å². The molecule has 0 amide bonds. The molecule has 0 aliphatic carbocycles. The number of hydrogen-bond acceptors (Lipinski definition) is 4. The summed E-state index contributed by atoms with van der Waals surface area (Å²) in [5.41, 5.74) is -0.569. The van der Waals surface area contributed by atoms with Gasteiger partial charge in [0.15, 0.2) is 0 Å². The summed E-state index contributed by atoms with van der Waals surface area (Å²) in [5.74, 6) is 0.997. The molecular weight excluding hydrogens is 281 g/mol. The first-order valence-corrected chi connectivity index (χ1v) is 6.53. The lowest BCUT2D eigenvalue weighted by Crippen LogP contribution is -2.09. The van der Waals surface area contributed by atoms with E-state index in [9.17, 15) is 13.2 Å². The molecule has 21 heavy (non-hydrogen) atoms. The summed E-state index contributed by atoms with van der Waals surface area (Å²) in [4.78, 5) is 12.2. The van der Waals surface area contributed by atoms with Crippen molar-refractivity contribution < 1.29 is 13.2 Å². The molecule has 0 unspecified atom stereocenters. The van der Waals surface area contributed by atoms with E-state index in [4.69, 9.17) is 0 Å². The molecule has 0 saturated carbocycles. The smallest absolute Gasteiger partial charge is 0.373 e. The van der Waals surface area contributed by atoms with E-state index in [2.05, 4.69) is 20.3 Å². The maximum absolute atomic E-state index is 13.1. The average molecular weight is 296 g/mol. The number of nitrogens with zero attached hydrogens (tertiary/aromatic N) is 3. The van der Waals surface area contributed by atoms with Gasteiger partial charge in [-0.1, -0.05) is 6.92 Å². The Balaban J connectivity index is 2.59. The second kappa shape index (κ2) is 6.07. The van der Waals surface area contributed by atoms with E-state index in [0.29, 0.717) is 18.1 Å². The van der Waals surface area contributed by atoms with Crippen LogP contribution in [0.1, 0.15) is 24.7 Å². The Kier molecular flexibility index (Phi) is 4.40. The van der Waals surface area contributed by atoms with Crippen molar-refractivity contribution in [2.75, 3.05) is 12.4 Å². The maximum atomic E-state index is 13.1. The molecule has 0 fully saturated rings. The average Bonchev–Trinajstić information content (AvgIpc) is 2.46. The molecule has 0 aliphatic rings. The van der Waals surface area contributed by atoms with Crippen LogP contribution in [0.25, 0.3) is 11.3 Å². The highest BCUT2D eigenvalue weighted by molar-refractivity contribution is 5.66. The molecule has 2 heterocycles. The van der Waals surface area contributed by atoms with Gasteiger partial charge in [-0.15, -0.1) is 0 Å². The summed E-state index contributed by atoms with van der Waals surface area (Å²) < 4.78 is 39.2. The minimum atomic E-state index is -4.45. The first-order chi connectivity index (χ1) is 9.95. The predicted octanol–water partition coefficient (Wildman–Crippen LogP) is 3.55. The standard InChI is InChI=1S/C14H15F3N4/c1-3-4-12-20-11(7-13(18-2)21-12)9-8-19-6-5-10(9)14(15,16)17/h5-8H,3-4H2,1-2H3,(H,18,20,21). The van der Waals surface area contributed by atoms with Crippen LogP contribution in [0.3, 0.4) is 0 Å². The molecule has 0 atom stereocenters. The first kappa shape index (κ1) is 15.2. The van der Waals surface area contributed by atoms with Crippen molar-refractivity contribution in [2.24, 2.45) is 0 Å². The number of alkyl halides is 3. The fourth-order valence-corrected chi connectivity index (χ4v) is 1.94. The van der Waals surface area contributed by atoms with Crippen molar-refractivity contribution in [3.05, 3.63) is 35.9 Å². The number of rotatable bonds is 4. The summed E-state index contributed by atoms with van der Waals surface area (Å²) in [6.45, 7) is 1.96. The van der Waals surface area contributed by atoms with Crippen molar-refractivity contribution in [2.45, 2.75) is 25.9 Å². The van der Waals surface area contributed by atoms with E-state index in [1.165, 1.54) is 12.3 Å². The third kappa shape index (κ3) is 3.48. The zero-order valence-corrected chi connectivity index (χ0v) is 11.7. The van der Waals surface area contributed by atoms with E-state index in [1.807, 2.05) is 6.92 Å². The highest BCUT2D eigenvalue weighted by Gasteiger charge is 2.34. The van der Waals surface area contributed by atoms with Gasteiger partial charge in [0.05, 0.1) is 11.3 Å². The van der Waals surface area contributed by atoms with Crippen LogP contribution in [-0.2, 0) is 12.6 Å². The van der Waals surface area contributed by atoms with E-state index in [0.717, 1.165) is 18.7 Å². The number of nitrogens with one attached hydrogen (secondary N) is 1. The lowest BCUT2D eigenvalue weighted by molar-refractivity contribution is -0.137. The summed E-state index contributed by atoms with van der Waals surface area (Å²) in [6, 6.07) is 2.45. The van der Waals surface area contributed by atoms with Gasteiger partial charge in [-0.2, -0.15) is 13.2 Å². The lowest BCUT2D eigenvalue weighted by atomic mass is 10.1. The van der Waals surface area contributed by atoms with Crippen LogP contribution in [0.4, 0.5) is 19.0 Å². The fraction of sp³-hybridized carbons (Fsp3) is 0.357. The topological polar surface area (TPSA) is 50.7 Å². The Morgan fingerprint density at radius 1 is 1.24 bits per heavy atom. The van der Waals surface area contributed by atoms with E-state index >= 15 is 0 Å². The van der Waals surface area contributed by atoms with Gasteiger partial charge in [-0.05, 0) is 12.5 Å². The minimum absolute atomic E-state index is 0.0405. The quantitative estimate of drug-likeness (QED) is 0.937. The summed E-state index contributed by atoms with van der Waals surface area (Å²) in [6.07, 6.45) is -0.733. The Labute approximate surface area is 120 Å². The summed E-state index contributed by atoms with van der Waals surface area (Å²) >= 11 is 0. The van der Waals surface area contributed by atoms with E-state index < -0.39 is 11.7 Å². The molecule has 0 bridgehead atoms. The van der Waals surface area contributed by atoms with Gasteiger partial charge in [-0.25, -0.2) is 9.97 Å². The van der Waals surface area contributed by atoms with Gasteiger partial charge < -0.3 is 5.32 Å². The van der Waals surface area contributed by atoms with Crippen LogP contribution in [0, 0.1) is 0 Å². The number of hydrogen-bond donors (Lipinski definition) is 1. The summed E-state index contributed by atoms with van der Waals surface area (Å²) in [7, 11) is 1.66. The van der Waals surface area contributed by atoms with Crippen molar-refractivity contribution >= 4 is 5.82 Å². The molecule has 2 aromatic heterocycles. The summed E-state index contributed by atoms with van der Waals surface area (Å²) in [5, 5.41) is 2.84. The minimum Gasteiger partial charge on any atom is -0.373 e. The van der Waals surface area contributed by atoms with E-state index in [1.54, 1.807) is 7.05 Å². The number of halogens is 3. The normalized spacial score (nSPS) is 11.5. The van der Waals surface area contributed by atoms with Gasteiger partial charge in [0.1, 0.15) is 11.6 Å².